The van der Waals surface area contributed by atoms with E-state index in [-0.39, 0.29) is 35.0 Å². The minimum absolute atomic E-state index is 0.0569. The number of amides is 1. The Labute approximate surface area is 126 Å². The van der Waals surface area contributed by atoms with Crippen molar-refractivity contribution in [1.29, 1.82) is 0 Å². The maximum atomic E-state index is 12.4. The van der Waals surface area contributed by atoms with Gasteiger partial charge in [0.1, 0.15) is 5.56 Å². The SMILES string of the molecule is COC(=O)c1cn2c(c(OC)c1=O)C(=O)N[C@@H]1CC3CC3[C@@H]12. The number of hydrogen-bond donors (Lipinski definition) is 1. The molecule has 3 aliphatic rings. The quantitative estimate of drug-likeness (QED) is 0.796. The lowest BCUT2D eigenvalue weighted by atomic mass is 10.0. The maximum Gasteiger partial charge on any atom is 0.343 e. The first-order valence-corrected chi connectivity index (χ1v) is 7.29. The number of hydrogen-bond acceptors (Lipinski definition) is 5. The van der Waals surface area contributed by atoms with Crippen LogP contribution >= 0.6 is 0 Å². The van der Waals surface area contributed by atoms with E-state index in [4.69, 9.17) is 4.74 Å². The molecule has 1 aliphatic heterocycles. The monoisotopic (exact) mass is 304 g/mol. The number of rotatable bonds is 2. The third-order valence-electron chi connectivity index (χ3n) is 5.04. The van der Waals surface area contributed by atoms with Gasteiger partial charge >= 0.3 is 5.97 Å². The summed E-state index contributed by atoms with van der Waals surface area (Å²) in [4.78, 5) is 36.6. The lowest BCUT2D eigenvalue weighted by Crippen LogP contribution is -2.48. The van der Waals surface area contributed by atoms with E-state index in [1.807, 2.05) is 0 Å². The Morgan fingerprint density at radius 2 is 2.09 bits per heavy atom. The standard InChI is InChI=1S/C15H16N2O5/c1-21-13-11-14(19)16-9-4-6-3-7(6)10(9)17(11)5-8(12(13)18)15(20)22-2/h5-7,9-10H,3-4H2,1-2H3,(H,16,19)/t6?,7?,9-,10+/m1/s1. The van der Waals surface area contributed by atoms with E-state index >= 15 is 0 Å². The van der Waals surface area contributed by atoms with Gasteiger partial charge in [0.15, 0.2) is 11.4 Å². The van der Waals surface area contributed by atoms with E-state index in [0.717, 1.165) is 12.8 Å². The Bertz CT molecular complexity index is 753. The predicted molar refractivity (Wildman–Crippen MR) is 75.1 cm³/mol. The normalized spacial score (nSPS) is 30.7. The molecule has 2 aliphatic carbocycles. The zero-order valence-electron chi connectivity index (χ0n) is 12.3. The van der Waals surface area contributed by atoms with Gasteiger partial charge < -0.3 is 19.4 Å². The van der Waals surface area contributed by atoms with Crippen LogP contribution in [0.15, 0.2) is 11.0 Å². The van der Waals surface area contributed by atoms with Gasteiger partial charge in [-0.1, -0.05) is 0 Å². The van der Waals surface area contributed by atoms with E-state index in [1.165, 1.54) is 20.4 Å². The number of carbonyl (C=O) groups is 2. The molecule has 116 valence electrons. The molecule has 4 atom stereocenters. The van der Waals surface area contributed by atoms with Crippen LogP contribution in [0.3, 0.4) is 0 Å². The molecule has 1 aromatic heterocycles. The van der Waals surface area contributed by atoms with E-state index in [2.05, 4.69) is 10.1 Å². The first-order chi connectivity index (χ1) is 10.6. The van der Waals surface area contributed by atoms with Gasteiger partial charge in [-0.05, 0) is 24.7 Å². The van der Waals surface area contributed by atoms with Gasteiger partial charge in [-0.3, -0.25) is 9.59 Å². The lowest BCUT2D eigenvalue weighted by Gasteiger charge is -2.34. The summed E-state index contributed by atoms with van der Waals surface area (Å²) in [5.41, 5.74) is -0.505. The van der Waals surface area contributed by atoms with Crippen molar-refractivity contribution in [3.63, 3.8) is 0 Å². The van der Waals surface area contributed by atoms with Gasteiger partial charge in [0, 0.05) is 6.20 Å². The zero-order valence-corrected chi connectivity index (χ0v) is 12.3. The number of nitrogens with zero attached hydrogens (tertiary/aromatic N) is 1. The van der Waals surface area contributed by atoms with Gasteiger partial charge in [0.2, 0.25) is 5.43 Å². The number of esters is 1. The first-order valence-electron chi connectivity index (χ1n) is 7.29. The van der Waals surface area contributed by atoms with E-state index in [0.29, 0.717) is 11.8 Å². The summed E-state index contributed by atoms with van der Waals surface area (Å²) in [5.74, 6) is -0.0300. The molecule has 1 amide bonds. The van der Waals surface area contributed by atoms with Gasteiger partial charge in [-0.2, -0.15) is 0 Å². The largest absolute Gasteiger partial charge is 0.491 e. The Hall–Kier alpha value is -2.31. The highest BCUT2D eigenvalue weighted by Crippen LogP contribution is 2.58. The fourth-order valence-corrected chi connectivity index (χ4v) is 4.02. The van der Waals surface area contributed by atoms with Crippen LogP contribution < -0.4 is 15.5 Å². The summed E-state index contributed by atoms with van der Waals surface area (Å²) in [7, 11) is 2.55. The van der Waals surface area contributed by atoms with E-state index < -0.39 is 11.4 Å². The Balaban J connectivity index is 1.97. The van der Waals surface area contributed by atoms with Crippen LogP contribution in [0.5, 0.6) is 5.75 Å². The number of methoxy groups -OCH3 is 2. The number of nitrogens with one attached hydrogen (secondary N) is 1. The highest BCUT2D eigenvalue weighted by Gasteiger charge is 2.57. The summed E-state index contributed by atoms with van der Waals surface area (Å²) >= 11 is 0. The summed E-state index contributed by atoms with van der Waals surface area (Å²) < 4.78 is 11.6. The first kappa shape index (κ1) is 13.4. The molecule has 1 aromatic rings. The molecule has 0 spiro atoms. The summed E-state index contributed by atoms with van der Waals surface area (Å²) in [6.45, 7) is 0. The molecule has 22 heavy (non-hydrogen) atoms. The molecule has 0 radical (unpaired) electrons. The second-order valence-corrected chi connectivity index (χ2v) is 6.12. The van der Waals surface area contributed by atoms with Crippen LogP contribution in [0.2, 0.25) is 0 Å². The third-order valence-corrected chi connectivity index (χ3v) is 5.04. The van der Waals surface area contributed by atoms with Gasteiger partial charge in [-0.25, -0.2) is 4.79 Å². The zero-order chi connectivity index (χ0) is 15.6. The van der Waals surface area contributed by atoms with Gasteiger partial charge in [0.25, 0.3) is 5.91 Å². The minimum atomic E-state index is -0.716. The Morgan fingerprint density at radius 3 is 2.77 bits per heavy atom. The van der Waals surface area contributed by atoms with Crippen molar-refractivity contribution in [1.82, 2.24) is 9.88 Å². The van der Waals surface area contributed by atoms with Crippen molar-refractivity contribution in [3.05, 3.63) is 27.7 Å². The van der Waals surface area contributed by atoms with Gasteiger partial charge in [0.05, 0.1) is 26.3 Å². The molecular weight excluding hydrogens is 288 g/mol. The van der Waals surface area contributed by atoms with Crippen LogP contribution in [0.1, 0.15) is 39.7 Å². The average Bonchev–Trinajstić information content (AvgIpc) is 3.17. The van der Waals surface area contributed by atoms with Crippen molar-refractivity contribution in [3.8, 4) is 5.75 Å². The van der Waals surface area contributed by atoms with Crippen LogP contribution in [-0.2, 0) is 4.74 Å². The summed E-state index contributed by atoms with van der Waals surface area (Å²) in [6.07, 6.45) is 3.53. The van der Waals surface area contributed by atoms with Crippen LogP contribution in [0, 0.1) is 11.8 Å². The van der Waals surface area contributed by atoms with Crippen molar-refractivity contribution >= 4 is 11.9 Å². The summed E-state index contributed by atoms with van der Waals surface area (Å²) in [5, 5.41) is 2.97. The fourth-order valence-electron chi connectivity index (χ4n) is 4.02. The van der Waals surface area contributed by atoms with Crippen LogP contribution in [0.25, 0.3) is 0 Å². The highest BCUT2D eigenvalue weighted by molar-refractivity contribution is 5.98. The van der Waals surface area contributed by atoms with Crippen LogP contribution in [0.4, 0.5) is 0 Å². The van der Waals surface area contributed by atoms with E-state index in [9.17, 15) is 14.4 Å². The number of pyridine rings is 1. The molecule has 2 saturated carbocycles. The molecule has 0 saturated heterocycles. The number of ether oxygens (including phenoxy) is 2. The highest BCUT2D eigenvalue weighted by atomic mass is 16.5. The van der Waals surface area contributed by atoms with Crippen molar-refractivity contribution in [2.24, 2.45) is 11.8 Å². The Morgan fingerprint density at radius 1 is 1.32 bits per heavy atom. The van der Waals surface area contributed by atoms with E-state index in [1.54, 1.807) is 4.57 Å². The molecule has 4 rings (SSSR count). The number of fused-ring (bicyclic) bond motifs is 5. The molecule has 7 heteroatoms. The third kappa shape index (κ3) is 1.59. The second kappa shape index (κ2) is 4.34. The molecule has 2 unspecified atom stereocenters. The van der Waals surface area contributed by atoms with Crippen LogP contribution in [-0.4, -0.2) is 36.7 Å². The molecule has 7 nitrogen and oxygen atoms in total. The summed E-state index contributed by atoms with van der Waals surface area (Å²) in [6, 6.07) is 0.136. The fraction of sp³-hybridized carbons (Fsp3) is 0.533. The van der Waals surface area contributed by atoms with Crippen molar-refractivity contribution in [2.45, 2.75) is 24.9 Å². The smallest absolute Gasteiger partial charge is 0.343 e. The lowest BCUT2D eigenvalue weighted by molar-refractivity contribution is 0.0595. The topological polar surface area (TPSA) is 86.6 Å². The molecule has 0 aromatic carbocycles. The van der Waals surface area contributed by atoms with Gasteiger partial charge in [-0.15, -0.1) is 0 Å². The van der Waals surface area contributed by atoms with Crippen molar-refractivity contribution < 1.29 is 19.1 Å². The molecular formula is C15H16N2O5. The number of aromatic nitrogens is 1. The molecule has 1 N–H and O–H groups in total. The maximum absolute atomic E-state index is 12.4. The molecule has 2 heterocycles. The number of carbonyl (C=O) groups excluding carboxylic acids is 2. The predicted octanol–water partition coefficient (Wildman–Crippen LogP) is 0.336. The Kier molecular flexibility index (Phi) is 2.64. The molecule has 0 bridgehead atoms. The average molecular weight is 304 g/mol. The molecule has 2 fully saturated rings. The van der Waals surface area contributed by atoms with Crippen molar-refractivity contribution in [2.75, 3.05) is 14.2 Å². The minimum Gasteiger partial charge on any atom is -0.491 e. The second-order valence-electron chi connectivity index (χ2n) is 6.12.